The van der Waals surface area contributed by atoms with Crippen LogP contribution < -0.4 is 5.56 Å². The van der Waals surface area contributed by atoms with Crippen LogP contribution in [0.4, 0.5) is 0 Å². The van der Waals surface area contributed by atoms with Crippen LogP contribution in [0.2, 0.25) is 0 Å². The lowest BCUT2D eigenvalue weighted by Gasteiger charge is -2.10. The molecule has 0 amide bonds. The fourth-order valence-corrected chi connectivity index (χ4v) is 2.73. The van der Waals surface area contributed by atoms with Crippen LogP contribution in [-0.4, -0.2) is 28.5 Å². The quantitative estimate of drug-likeness (QED) is 0.782. The van der Waals surface area contributed by atoms with Crippen LogP contribution in [0.25, 0.3) is 16.5 Å². The van der Waals surface area contributed by atoms with E-state index in [1.54, 1.807) is 0 Å². The molecule has 0 saturated heterocycles. The molecule has 1 aliphatic heterocycles. The van der Waals surface area contributed by atoms with Gasteiger partial charge in [-0.3, -0.25) is 4.79 Å². The van der Waals surface area contributed by atoms with Crippen LogP contribution in [0.15, 0.2) is 29.2 Å². The molecule has 0 saturated carbocycles. The fourth-order valence-electron chi connectivity index (χ4n) is 2.73. The maximum Gasteiger partial charge on any atom is 0.281 e. The normalized spacial score (nSPS) is 16.1. The van der Waals surface area contributed by atoms with Gasteiger partial charge in [0.1, 0.15) is 5.82 Å². The monoisotopic (exact) mass is 255 g/mol. The molecule has 0 N–H and O–H groups in total. The van der Waals surface area contributed by atoms with Crippen LogP contribution in [0.1, 0.15) is 17.8 Å². The molecule has 19 heavy (non-hydrogen) atoms. The summed E-state index contributed by atoms with van der Waals surface area (Å²) in [5, 5.41) is 0.748. The Morgan fingerprint density at radius 1 is 1.37 bits per heavy atom. The first kappa shape index (κ1) is 12.0. The fraction of sp³-hybridized carbons (Fsp3) is 0.333. The first-order valence-corrected chi connectivity index (χ1v) is 6.45. The van der Waals surface area contributed by atoms with E-state index in [0.29, 0.717) is 0 Å². The number of fused-ring (bicyclic) bond motifs is 3. The van der Waals surface area contributed by atoms with Gasteiger partial charge >= 0.3 is 0 Å². The predicted octanol–water partition coefficient (Wildman–Crippen LogP) is 2.01. The van der Waals surface area contributed by atoms with Crippen molar-refractivity contribution in [3.63, 3.8) is 0 Å². The Morgan fingerprint density at radius 2 is 2.16 bits per heavy atom. The van der Waals surface area contributed by atoms with Crippen molar-refractivity contribution in [1.29, 1.82) is 0 Å². The number of benzene rings is 1. The highest BCUT2D eigenvalue weighted by Crippen LogP contribution is 2.28. The second kappa shape index (κ2) is 4.23. The molecular weight excluding hydrogens is 238 g/mol. The molecule has 98 valence electrons. The summed E-state index contributed by atoms with van der Waals surface area (Å²) in [5.41, 5.74) is 3.00. The zero-order valence-corrected chi connectivity index (χ0v) is 11.5. The van der Waals surface area contributed by atoms with E-state index in [2.05, 4.69) is 9.55 Å². The van der Waals surface area contributed by atoms with E-state index in [0.717, 1.165) is 40.8 Å². The molecule has 0 radical (unpaired) electrons. The Balaban J connectivity index is 2.35. The SMILES string of the molecule is Cc1cccc2c1c(=O)nc1n2CC/C1=C\N(C)C. The average Bonchev–Trinajstić information content (AvgIpc) is 2.72. The zero-order valence-electron chi connectivity index (χ0n) is 11.5. The van der Waals surface area contributed by atoms with Gasteiger partial charge in [-0.25, -0.2) is 0 Å². The van der Waals surface area contributed by atoms with Crippen molar-refractivity contribution in [1.82, 2.24) is 14.5 Å². The van der Waals surface area contributed by atoms with Crippen LogP contribution in [0.5, 0.6) is 0 Å². The second-order valence-electron chi connectivity index (χ2n) is 5.23. The topological polar surface area (TPSA) is 38.1 Å². The molecular formula is C15H17N3O. The highest BCUT2D eigenvalue weighted by molar-refractivity contribution is 5.84. The van der Waals surface area contributed by atoms with Crippen molar-refractivity contribution in [2.24, 2.45) is 0 Å². The van der Waals surface area contributed by atoms with E-state index in [4.69, 9.17) is 0 Å². The summed E-state index contributed by atoms with van der Waals surface area (Å²) in [6, 6.07) is 5.97. The standard InChI is InChI=1S/C15H17N3O/c1-10-5-4-6-12-13(10)15(19)16-14-11(9-17(2)3)7-8-18(12)14/h4-6,9H,7-8H2,1-3H3/b11-9+. The van der Waals surface area contributed by atoms with Crippen LogP contribution in [0.3, 0.4) is 0 Å². The molecule has 0 fully saturated rings. The first-order chi connectivity index (χ1) is 9.08. The molecule has 2 heterocycles. The van der Waals surface area contributed by atoms with Crippen molar-refractivity contribution >= 4 is 16.5 Å². The van der Waals surface area contributed by atoms with Gasteiger partial charge in [-0.15, -0.1) is 0 Å². The molecule has 0 bridgehead atoms. The first-order valence-electron chi connectivity index (χ1n) is 6.45. The number of aromatic nitrogens is 2. The lowest BCUT2D eigenvalue weighted by Crippen LogP contribution is -2.15. The van der Waals surface area contributed by atoms with E-state index in [-0.39, 0.29) is 5.56 Å². The van der Waals surface area contributed by atoms with Crippen molar-refractivity contribution in [3.05, 3.63) is 46.1 Å². The highest BCUT2D eigenvalue weighted by atomic mass is 16.1. The zero-order chi connectivity index (χ0) is 13.6. The van der Waals surface area contributed by atoms with Gasteiger partial charge in [0.05, 0.1) is 10.9 Å². The number of aryl methyl sites for hydroxylation is 2. The summed E-state index contributed by atoms with van der Waals surface area (Å²) in [4.78, 5) is 18.5. The smallest absolute Gasteiger partial charge is 0.281 e. The Labute approximate surface area is 112 Å². The summed E-state index contributed by atoms with van der Waals surface area (Å²) >= 11 is 0. The van der Waals surface area contributed by atoms with Gasteiger partial charge in [0.2, 0.25) is 0 Å². The molecule has 4 heteroatoms. The lowest BCUT2D eigenvalue weighted by molar-refractivity contribution is 0.564. The summed E-state index contributed by atoms with van der Waals surface area (Å²) in [7, 11) is 3.97. The largest absolute Gasteiger partial charge is 0.383 e. The van der Waals surface area contributed by atoms with Gasteiger partial charge in [0.25, 0.3) is 5.56 Å². The Morgan fingerprint density at radius 3 is 2.89 bits per heavy atom. The van der Waals surface area contributed by atoms with Gasteiger partial charge in [-0.1, -0.05) is 12.1 Å². The number of nitrogens with zero attached hydrogens (tertiary/aromatic N) is 3. The minimum atomic E-state index is -0.120. The maximum absolute atomic E-state index is 12.2. The van der Waals surface area contributed by atoms with Gasteiger partial charge in [-0.05, 0) is 25.0 Å². The Kier molecular flexibility index (Phi) is 2.66. The molecule has 1 aliphatic rings. The molecule has 2 aromatic rings. The molecule has 4 nitrogen and oxygen atoms in total. The average molecular weight is 255 g/mol. The summed E-state index contributed by atoms with van der Waals surface area (Å²) in [5.74, 6) is 0.816. The Bertz CT molecular complexity index is 741. The summed E-state index contributed by atoms with van der Waals surface area (Å²) in [6.07, 6.45) is 2.98. The molecule has 1 aromatic carbocycles. The third kappa shape index (κ3) is 1.84. The minimum absolute atomic E-state index is 0.120. The van der Waals surface area contributed by atoms with Crippen molar-refractivity contribution in [2.75, 3.05) is 14.1 Å². The van der Waals surface area contributed by atoms with Gasteiger partial charge < -0.3 is 9.47 Å². The predicted molar refractivity (Wildman–Crippen MR) is 77.0 cm³/mol. The van der Waals surface area contributed by atoms with Crippen molar-refractivity contribution < 1.29 is 0 Å². The Hall–Kier alpha value is -2.10. The molecule has 0 atom stereocenters. The van der Waals surface area contributed by atoms with Crippen LogP contribution in [0, 0.1) is 6.92 Å². The van der Waals surface area contributed by atoms with E-state index in [9.17, 15) is 4.79 Å². The van der Waals surface area contributed by atoms with E-state index < -0.39 is 0 Å². The van der Waals surface area contributed by atoms with E-state index >= 15 is 0 Å². The van der Waals surface area contributed by atoms with Gasteiger partial charge in [0, 0.05) is 32.4 Å². The van der Waals surface area contributed by atoms with Gasteiger partial charge in [0.15, 0.2) is 0 Å². The van der Waals surface area contributed by atoms with E-state index in [1.165, 1.54) is 0 Å². The van der Waals surface area contributed by atoms with E-state index in [1.807, 2.05) is 50.3 Å². The molecule has 0 aliphatic carbocycles. The number of hydrogen-bond donors (Lipinski definition) is 0. The minimum Gasteiger partial charge on any atom is -0.383 e. The third-order valence-electron chi connectivity index (χ3n) is 3.52. The maximum atomic E-state index is 12.2. The second-order valence-corrected chi connectivity index (χ2v) is 5.23. The molecule has 1 aromatic heterocycles. The number of rotatable bonds is 1. The highest BCUT2D eigenvalue weighted by Gasteiger charge is 2.21. The van der Waals surface area contributed by atoms with Crippen LogP contribution in [-0.2, 0) is 6.54 Å². The molecule has 0 unspecified atom stereocenters. The summed E-state index contributed by atoms with van der Waals surface area (Å²) in [6.45, 7) is 2.85. The molecule has 0 spiro atoms. The third-order valence-corrected chi connectivity index (χ3v) is 3.52. The summed E-state index contributed by atoms with van der Waals surface area (Å²) < 4.78 is 2.15. The van der Waals surface area contributed by atoms with Crippen LogP contribution >= 0.6 is 0 Å². The van der Waals surface area contributed by atoms with Gasteiger partial charge in [-0.2, -0.15) is 4.98 Å². The number of allylic oxidation sites excluding steroid dienone is 1. The van der Waals surface area contributed by atoms with Crippen molar-refractivity contribution in [2.45, 2.75) is 19.9 Å². The lowest BCUT2D eigenvalue weighted by atomic mass is 10.1. The van der Waals surface area contributed by atoms with Crippen molar-refractivity contribution in [3.8, 4) is 0 Å². The number of hydrogen-bond acceptors (Lipinski definition) is 3. The molecule has 3 rings (SSSR count).